The van der Waals surface area contributed by atoms with Crippen LogP contribution in [-0.4, -0.2) is 29.0 Å². The van der Waals surface area contributed by atoms with Crippen molar-refractivity contribution in [2.24, 2.45) is 5.92 Å². The zero-order chi connectivity index (χ0) is 21.1. The number of carbonyl (C=O) groups excluding carboxylic acids is 1. The number of nitrogens with one attached hydrogen (secondary N) is 1. The lowest BCUT2D eigenvalue weighted by Crippen LogP contribution is -2.41. The maximum atomic E-state index is 12.9. The molecule has 1 aromatic heterocycles. The van der Waals surface area contributed by atoms with Crippen LogP contribution in [0.15, 0.2) is 54.7 Å². The number of hydrogen-bond acceptors (Lipinski definition) is 4. The van der Waals surface area contributed by atoms with Crippen LogP contribution in [0.4, 0.5) is 11.5 Å². The minimum Gasteiger partial charge on any atom is -0.356 e. The Bertz CT molecular complexity index is 1050. The molecule has 2 aromatic carbocycles. The third-order valence-corrected chi connectivity index (χ3v) is 5.71. The average molecular weight is 401 g/mol. The molecule has 154 valence electrons. The molecule has 0 saturated carbocycles. The minimum atomic E-state index is -0.0581. The average Bonchev–Trinajstić information content (AvgIpc) is 2.76. The number of carbonyl (C=O) groups is 1. The first kappa shape index (κ1) is 20.1. The molecule has 4 rings (SSSR count). The van der Waals surface area contributed by atoms with E-state index >= 15 is 0 Å². The molecule has 30 heavy (non-hydrogen) atoms. The molecule has 2 heterocycles. The Labute approximate surface area is 178 Å². The maximum Gasteiger partial charge on any atom is 0.229 e. The Kier molecular flexibility index (Phi) is 5.79. The Hall–Kier alpha value is -3.21. The summed E-state index contributed by atoms with van der Waals surface area (Å²) < 4.78 is 0. The fraction of sp³-hybridized carbons (Fsp3) is 0.320. The first-order chi connectivity index (χ1) is 14.5. The maximum absolute atomic E-state index is 12.9. The van der Waals surface area contributed by atoms with Gasteiger partial charge in [-0.1, -0.05) is 47.5 Å². The largest absolute Gasteiger partial charge is 0.356 e. The van der Waals surface area contributed by atoms with Crippen molar-refractivity contribution in [2.45, 2.75) is 33.6 Å². The molecule has 1 fully saturated rings. The van der Waals surface area contributed by atoms with Crippen molar-refractivity contribution in [3.63, 3.8) is 0 Å². The Morgan fingerprint density at radius 3 is 2.57 bits per heavy atom. The van der Waals surface area contributed by atoms with E-state index in [4.69, 9.17) is 4.98 Å². The van der Waals surface area contributed by atoms with Crippen molar-refractivity contribution in [2.75, 3.05) is 23.3 Å². The SMILES string of the molecule is Cc1ccc(-c2nccc(N3CCCC(C(=O)Nc4ccc(C)cc4C)C3)n2)cc1. The van der Waals surface area contributed by atoms with E-state index in [0.29, 0.717) is 12.4 Å². The van der Waals surface area contributed by atoms with Crippen molar-refractivity contribution in [3.8, 4) is 11.4 Å². The van der Waals surface area contributed by atoms with E-state index in [2.05, 4.69) is 47.2 Å². The fourth-order valence-corrected chi connectivity index (χ4v) is 3.95. The minimum absolute atomic E-state index is 0.0581. The van der Waals surface area contributed by atoms with E-state index in [1.165, 1.54) is 11.1 Å². The second kappa shape index (κ2) is 8.66. The highest BCUT2D eigenvalue weighted by Gasteiger charge is 2.27. The highest BCUT2D eigenvalue weighted by Crippen LogP contribution is 2.25. The Morgan fingerprint density at radius 2 is 1.80 bits per heavy atom. The lowest BCUT2D eigenvalue weighted by Gasteiger charge is -2.33. The zero-order valence-electron chi connectivity index (χ0n) is 17.9. The first-order valence-electron chi connectivity index (χ1n) is 10.5. The summed E-state index contributed by atoms with van der Waals surface area (Å²) in [7, 11) is 0. The van der Waals surface area contributed by atoms with Gasteiger partial charge in [0.1, 0.15) is 5.82 Å². The number of aromatic nitrogens is 2. The van der Waals surface area contributed by atoms with Gasteiger partial charge in [0.15, 0.2) is 5.82 Å². The van der Waals surface area contributed by atoms with Crippen molar-refractivity contribution < 1.29 is 4.79 Å². The highest BCUT2D eigenvalue weighted by molar-refractivity contribution is 5.93. The van der Waals surface area contributed by atoms with Crippen LogP contribution < -0.4 is 10.2 Å². The van der Waals surface area contributed by atoms with Crippen molar-refractivity contribution in [1.29, 1.82) is 0 Å². The number of amides is 1. The van der Waals surface area contributed by atoms with Crippen LogP contribution in [0.3, 0.4) is 0 Å². The molecular formula is C25H28N4O. The van der Waals surface area contributed by atoms with Crippen molar-refractivity contribution in [1.82, 2.24) is 9.97 Å². The second-order valence-corrected chi connectivity index (χ2v) is 8.20. The third-order valence-electron chi connectivity index (χ3n) is 5.71. The molecule has 5 nitrogen and oxygen atoms in total. The molecule has 1 atom stereocenters. The van der Waals surface area contributed by atoms with Crippen LogP contribution in [0.1, 0.15) is 29.5 Å². The summed E-state index contributed by atoms with van der Waals surface area (Å²) in [4.78, 5) is 24.4. The van der Waals surface area contributed by atoms with E-state index in [0.717, 1.165) is 42.0 Å². The third kappa shape index (κ3) is 4.51. The smallest absolute Gasteiger partial charge is 0.229 e. The van der Waals surface area contributed by atoms with Crippen molar-refractivity contribution in [3.05, 3.63) is 71.4 Å². The van der Waals surface area contributed by atoms with Crippen LogP contribution in [0.25, 0.3) is 11.4 Å². The number of rotatable bonds is 4. The molecular weight excluding hydrogens is 372 g/mol. The molecule has 1 unspecified atom stereocenters. The Morgan fingerprint density at radius 1 is 1.03 bits per heavy atom. The summed E-state index contributed by atoms with van der Waals surface area (Å²) in [6.07, 6.45) is 3.66. The standard InChI is InChI=1S/C25H28N4O/c1-17-6-9-20(10-7-17)24-26-13-12-23(28-24)29-14-4-5-21(16-29)25(30)27-22-11-8-18(2)15-19(22)3/h6-13,15,21H,4-5,14,16H2,1-3H3,(H,27,30). The predicted molar refractivity (Wildman–Crippen MR) is 122 cm³/mol. The molecule has 0 spiro atoms. The molecule has 1 amide bonds. The summed E-state index contributed by atoms with van der Waals surface area (Å²) >= 11 is 0. The summed E-state index contributed by atoms with van der Waals surface area (Å²) in [6, 6.07) is 16.3. The van der Waals surface area contributed by atoms with Gasteiger partial charge >= 0.3 is 0 Å². The summed E-state index contributed by atoms with van der Waals surface area (Å²) in [5.74, 6) is 1.62. The lowest BCUT2D eigenvalue weighted by atomic mass is 9.96. The monoisotopic (exact) mass is 400 g/mol. The van der Waals surface area contributed by atoms with Crippen LogP contribution in [0.5, 0.6) is 0 Å². The normalized spacial score (nSPS) is 16.4. The van der Waals surface area contributed by atoms with Gasteiger partial charge in [0.2, 0.25) is 5.91 Å². The molecule has 0 bridgehead atoms. The highest BCUT2D eigenvalue weighted by atomic mass is 16.1. The van der Waals surface area contributed by atoms with Crippen LogP contribution in [-0.2, 0) is 4.79 Å². The molecule has 1 aliphatic rings. The zero-order valence-corrected chi connectivity index (χ0v) is 17.9. The summed E-state index contributed by atoms with van der Waals surface area (Å²) in [5.41, 5.74) is 5.40. The summed E-state index contributed by atoms with van der Waals surface area (Å²) in [6.45, 7) is 7.73. The lowest BCUT2D eigenvalue weighted by molar-refractivity contribution is -0.120. The number of hydrogen-bond donors (Lipinski definition) is 1. The fourth-order valence-electron chi connectivity index (χ4n) is 3.95. The Balaban J connectivity index is 1.48. The van der Waals surface area contributed by atoms with Gasteiger partial charge in [0.25, 0.3) is 0 Å². The number of benzene rings is 2. The quantitative estimate of drug-likeness (QED) is 0.675. The van der Waals surface area contributed by atoms with Gasteiger partial charge in [-0.15, -0.1) is 0 Å². The van der Waals surface area contributed by atoms with Gasteiger partial charge in [-0.3, -0.25) is 4.79 Å². The van der Waals surface area contributed by atoms with E-state index in [1.54, 1.807) is 6.20 Å². The van der Waals surface area contributed by atoms with Gasteiger partial charge in [0, 0.05) is 30.5 Å². The first-order valence-corrected chi connectivity index (χ1v) is 10.5. The van der Waals surface area contributed by atoms with Gasteiger partial charge < -0.3 is 10.2 Å². The van der Waals surface area contributed by atoms with Crippen LogP contribution in [0.2, 0.25) is 0 Å². The van der Waals surface area contributed by atoms with E-state index < -0.39 is 0 Å². The van der Waals surface area contributed by atoms with Gasteiger partial charge in [-0.2, -0.15) is 0 Å². The second-order valence-electron chi connectivity index (χ2n) is 8.20. The number of piperidine rings is 1. The molecule has 3 aromatic rings. The molecule has 5 heteroatoms. The number of anilines is 2. The predicted octanol–water partition coefficient (Wildman–Crippen LogP) is 4.92. The van der Waals surface area contributed by atoms with E-state index in [1.807, 2.05) is 37.3 Å². The van der Waals surface area contributed by atoms with Crippen molar-refractivity contribution >= 4 is 17.4 Å². The topological polar surface area (TPSA) is 58.1 Å². The number of aryl methyl sites for hydroxylation is 3. The molecule has 1 N–H and O–H groups in total. The van der Waals surface area contributed by atoms with Crippen LogP contribution in [0, 0.1) is 26.7 Å². The van der Waals surface area contributed by atoms with E-state index in [9.17, 15) is 4.79 Å². The van der Waals surface area contributed by atoms with Crippen LogP contribution >= 0.6 is 0 Å². The molecule has 0 aliphatic carbocycles. The van der Waals surface area contributed by atoms with E-state index in [-0.39, 0.29) is 11.8 Å². The molecule has 1 saturated heterocycles. The number of nitrogens with zero attached hydrogens (tertiary/aromatic N) is 3. The summed E-state index contributed by atoms with van der Waals surface area (Å²) in [5, 5.41) is 3.12. The molecule has 0 radical (unpaired) electrons. The molecule has 1 aliphatic heterocycles. The van der Waals surface area contributed by atoms with Gasteiger partial charge in [0.05, 0.1) is 5.92 Å². The van der Waals surface area contributed by atoms with Gasteiger partial charge in [-0.05, 0) is 51.3 Å². The van der Waals surface area contributed by atoms with Gasteiger partial charge in [-0.25, -0.2) is 9.97 Å².